The summed E-state index contributed by atoms with van der Waals surface area (Å²) in [6.07, 6.45) is 6.35. The van der Waals surface area contributed by atoms with Crippen LogP contribution >= 0.6 is 0 Å². The average molecular weight is 390 g/mol. The smallest absolute Gasteiger partial charge is 0.248 e. The summed E-state index contributed by atoms with van der Waals surface area (Å²) in [5.41, 5.74) is 7.54. The van der Waals surface area contributed by atoms with E-state index in [9.17, 15) is 8.42 Å². The number of benzene rings is 1. The molecule has 0 aliphatic heterocycles. The molecule has 1 aromatic carbocycles. The van der Waals surface area contributed by atoms with Gasteiger partial charge in [0.2, 0.25) is 5.89 Å². The van der Waals surface area contributed by atoms with Crippen LogP contribution in [0.25, 0.3) is 0 Å². The fourth-order valence-corrected chi connectivity index (χ4v) is 6.98. The summed E-state index contributed by atoms with van der Waals surface area (Å²) in [6.45, 7) is 3.74. The van der Waals surface area contributed by atoms with E-state index in [2.05, 4.69) is 10.1 Å². The zero-order valence-corrected chi connectivity index (χ0v) is 16.8. The minimum Gasteiger partial charge on any atom is -0.338 e. The number of rotatable bonds is 4. The highest BCUT2D eigenvalue weighted by molar-refractivity contribution is 7.92. The van der Waals surface area contributed by atoms with Crippen LogP contribution in [-0.4, -0.2) is 18.6 Å². The van der Waals surface area contributed by atoms with Crippen LogP contribution in [0.2, 0.25) is 0 Å². The molecule has 4 rings (SSSR count). The van der Waals surface area contributed by atoms with Crippen LogP contribution in [0.4, 0.5) is 0 Å². The van der Waals surface area contributed by atoms with Crippen molar-refractivity contribution in [1.82, 2.24) is 10.1 Å². The van der Waals surface area contributed by atoms with Crippen LogP contribution in [0.1, 0.15) is 74.2 Å². The fraction of sp³-hybridized carbons (Fsp3) is 0.600. The van der Waals surface area contributed by atoms with E-state index < -0.39 is 20.1 Å². The average Bonchev–Trinajstić information content (AvgIpc) is 3.36. The molecule has 146 valence electrons. The fourth-order valence-electron chi connectivity index (χ4n) is 4.59. The van der Waals surface area contributed by atoms with Crippen molar-refractivity contribution in [3.63, 3.8) is 0 Å². The van der Waals surface area contributed by atoms with Crippen LogP contribution in [0.3, 0.4) is 0 Å². The minimum atomic E-state index is -3.67. The lowest BCUT2D eigenvalue weighted by Crippen LogP contribution is -2.36. The number of hydrogen-bond acceptors (Lipinski definition) is 6. The number of aromatic nitrogens is 2. The Morgan fingerprint density at radius 3 is 2.33 bits per heavy atom. The number of nitrogens with two attached hydrogens (primary N) is 1. The number of sulfone groups is 1. The van der Waals surface area contributed by atoms with Crippen molar-refractivity contribution in [3.05, 3.63) is 41.0 Å². The predicted molar refractivity (Wildman–Crippen MR) is 102 cm³/mol. The van der Waals surface area contributed by atoms with Gasteiger partial charge in [-0.3, -0.25) is 0 Å². The molecule has 27 heavy (non-hydrogen) atoms. The molecule has 2 fully saturated rings. The van der Waals surface area contributed by atoms with E-state index in [1.807, 2.05) is 26.0 Å². The molecule has 2 aliphatic carbocycles. The van der Waals surface area contributed by atoms with E-state index in [-0.39, 0.29) is 5.89 Å². The Balaban J connectivity index is 1.82. The molecular formula is C20H27N3O3S. The van der Waals surface area contributed by atoms with E-state index >= 15 is 0 Å². The van der Waals surface area contributed by atoms with Crippen LogP contribution < -0.4 is 5.73 Å². The van der Waals surface area contributed by atoms with E-state index in [0.717, 1.165) is 49.7 Å². The summed E-state index contributed by atoms with van der Waals surface area (Å²) in [5, 5.41) is 4.13. The maximum Gasteiger partial charge on any atom is 0.248 e. The summed E-state index contributed by atoms with van der Waals surface area (Å²) in [7, 11) is -3.67. The molecule has 0 unspecified atom stereocenters. The van der Waals surface area contributed by atoms with Crippen molar-refractivity contribution in [1.29, 1.82) is 0 Å². The SMILES string of the molecule is Cc1ccc(C)c(S(=O)(=O)C2(c3nc(C4(N)CCCC4)no3)CCCC2)c1. The van der Waals surface area contributed by atoms with Gasteiger partial charge in [0.1, 0.15) is 0 Å². The zero-order valence-electron chi connectivity index (χ0n) is 16.0. The molecule has 2 saturated carbocycles. The highest BCUT2D eigenvalue weighted by Crippen LogP contribution is 2.49. The molecule has 1 aromatic heterocycles. The predicted octanol–water partition coefficient (Wildman–Crippen LogP) is 3.66. The topological polar surface area (TPSA) is 99.1 Å². The third-order valence-corrected chi connectivity index (χ3v) is 8.95. The van der Waals surface area contributed by atoms with Crippen molar-refractivity contribution in [3.8, 4) is 0 Å². The largest absolute Gasteiger partial charge is 0.338 e. The first-order chi connectivity index (χ1) is 12.8. The first-order valence-corrected chi connectivity index (χ1v) is 11.2. The van der Waals surface area contributed by atoms with Crippen LogP contribution in [-0.2, 0) is 20.1 Å². The zero-order chi connectivity index (χ0) is 19.3. The Morgan fingerprint density at radius 1 is 1.04 bits per heavy atom. The lowest BCUT2D eigenvalue weighted by molar-refractivity contribution is 0.317. The van der Waals surface area contributed by atoms with E-state index in [4.69, 9.17) is 10.3 Å². The molecule has 0 saturated heterocycles. The Labute approximate surface area is 160 Å². The van der Waals surface area contributed by atoms with Crippen molar-refractivity contribution >= 4 is 9.84 Å². The van der Waals surface area contributed by atoms with Gasteiger partial charge in [-0.1, -0.05) is 43.0 Å². The molecule has 6 nitrogen and oxygen atoms in total. The third kappa shape index (κ3) is 2.83. The van der Waals surface area contributed by atoms with Gasteiger partial charge in [-0.25, -0.2) is 8.42 Å². The molecular weight excluding hydrogens is 362 g/mol. The molecule has 1 heterocycles. The molecule has 0 radical (unpaired) electrons. The second-order valence-electron chi connectivity index (χ2n) is 8.26. The second kappa shape index (κ2) is 6.41. The Hall–Kier alpha value is -1.73. The van der Waals surface area contributed by atoms with Gasteiger partial charge in [0.15, 0.2) is 20.4 Å². The van der Waals surface area contributed by atoms with Crippen LogP contribution in [0.15, 0.2) is 27.6 Å². The maximum absolute atomic E-state index is 13.8. The minimum absolute atomic E-state index is 0.215. The highest BCUT2D eigenvalue weighted by Gasteiger charge is 2.53. The molecule has 0 bridgehead atoms. The molecule has 2 aliphatic rings. The maximum atomic E-state index is 13.8. The second-order valence-corrected chi connectivity index (χ2v) is 10.5. The number of hydrogen-bond donors (Lipinski definition) is 1. The normalized spacial score (nSPS) is 21.6. The molecule has 0 atom stereocenters. The van der Waals surface area contributed by atoms with Crippen molar-refractivity contribution < 1.29 is 12.9 Å². The Bertz CT molecular complexity index is 953. The van der Waals surface area contributed by atoms with E-state index in [1.165, 1.54) is 0 Å². The standard InChI is InChI=1S/C20H27N3O3S/c1-14-7-8-15(2)16(13-14)27(24,25)20(11-5-6-12-20)18-22-17(23-26-18)19(21)9-3-4-10-19/h7-8,13H,3-6,9-12,21H2,1-2H3. The number of aryl methyl sites for hydroxylation is 2. The van der Waals surface area contributed by atoms with Gasteiger partial charge in [0.25, 0.3) is 0 Å². The lowest BCUT2D eigenvalue weighted by atomic mass is 9.98. The summed E-state index contributed by atoms with van der Waals surface area (Å²) in [4.78, 5) is 4.95. The molecule has 0 spiro atoms. The van der Waals surface area contributed by atoms with Crippen molar-refractivity contribution in [2.24, 2.45) is 5.73 Å². The lowest BCUT2D eigenvalue weighted by Gasteiger charge is -2.26. The quantitative estimate of drug-likeness (QED) is 0.857. The first kappa shape index (κ1) is 18.6. The molecule has 2 aromatic rings. The van der Waals surface area contributed by atoms with Crippen LogP contribution in [0, 0.1) is 13.8 Å². The summed E-state index contributed by atoms with van der Waals surface area (Å²) in [6, 6.07) is 5.54. The van der Waals surface area contributed by atoms with Gasteiger partial charge in [-0.2, -0.15) is 4.98 Å². The summed E-state index contributed by atoms with van der Waals surface area (Å²) in [5.74, 6) is 0.671. The summed E-state index contributed by atoms with van der Waals surface area (Å²) >= 11 is 0. The Kier molecular flexibility index (Phi) is 4.42. The highest BCUT2D eigenvalue weighted by atomic mass is 32.2. The van der Waals surface area contributed by atoms with Gasteiger partial charge >= 0.3 is 0 Å². The van der Waals surface area contributed by atoms with E-state index in [1.54, 1.807) is 6.07 Å². The first-order valence-electron chi connectivity index (χ1n) is 9.74. The monoisotopic (exact) mass is 389 g/mol. The van der Waals surface area contributed by atoms with Crippen LogP contribution in [0.5, 0.6) is 0 Å². The van der Waals surface area contributed by atoms with Crippen molar-refractivity contribution in [2.45, 2.75) is 80.4 Å². The molecule has 0 amide bonds. The summed E-state index contributed by atoms with van der Waals surface area (Å²) < 4.78 is 32.0. The van der Waals surface area contributed by atoms with Gasteiger partial charge in [0, 0.05) is 0 Å². The van der Waals surface area contributed by atoms with Gasteiger partial charge in [0.05, 0.1) is 10.4 Å². The Morgan fingerprint density at radius 2 is 1.67 bits per heavy atom. The number of nitrogens with zero attached hydrogens (tertiary/aromatic N) is 2. The van der Waals surface area contributed by atoms with Gasteiger partial charge in [-0.15, -0.1) is 0 Å². The van der Waals surface area contributed by atoms with Gasteiger partial charge in [-0.05, 0) is 56.7 Å². The van der Waals surface area contributed by atoms with E-state index in [0.29, 0.717) is 23.6 Å². The third-order valence-electron chi connectivity index (χ3n) is 6.32. The van der Waals surface area contributed by atoms with Gasteiger partial charge < -0.3 is 10.3 Å². The van der Waals surface area contributed by atoms with Crippen molar-refractivity contribution in [2.75, 3.05) is 0 Å². The molecule has 7 heteroatoms. The molecule has 2 N–H and O–H groups in total.